The second-order valence-corrected chi connectivity index (χ2v) is 5.22. The molecule has 0 saturated carbocycles. The predicted molar refractivity (Wildman–Crippen MR) is 89.3 cm³/mol. The fourth-order valence-electron chi connectivity index (χ4n) is 2.40. The monoisotopic (exact) mass is 293 g/mol. The average Bonchev–Trinajstić information content (AvgIpc) is 2.50. The SMILES string of the molecule is CCCCC(NCCC)c1ccc(OCC)c(OCC)c1. The smallest absolute Gasteiger partial charge is 0.161 e. The third-order valence-electron chi connectivity index (χ3n) is 3.46. The Hall–Kier alpha value is -1.22. The summed E-state index contributed by atoms with van der Waals surface area (Å²) in [7, 11) is 0. The Morgan fingerprint density at radius 1 is 0.952 bits per heavy atom. The topological polar surface area (TPSA) is 30.5 Å². The average molecular weight is 293 g/mol. The molecule has 0 amide bonds. The van der Waals surface area contributed by atoms with Crippen LogP contribution in [0.1, 0.15) is 65.0 Å². The Bertz CT molecular complexity index is 385. The fourth-order valence-corrected chi connectivity index (χ4v) is 2.40. The van der Waals surface area contributed by atoms with Gasteiger partial charge in [0.15, 0.2) is 11.5 Å². The molecule has 3 heteroatoms. The molecule has 21 heavy (non-hydrogen) atoms. The third-order valence-corrected chi connectivity index (χ3v) is 3.46. The van der Waals surface area contributed by atoms with E-state index < -0.39 is 0 Å². The summed E-state index contributed by atoms with van der Waals surface area (Å²) in [6.45, 7) is 10.8. The van der Waals surface area contributed by atoms with Gasteiger partial charge in [-0.1, -0.05) is 32.8 Å². The molecule has 0 saturated heterocycles. The lowest BCUT2D eigenvalue weighted by molar-refractivity contribution is 0.287. The van der Waals surface area contributed by atoms with E-state index >= 15 is 0 Å². The lowest BCUT2D eigenvalue weighted by Gasteiger charge is -2.20. The summed E-state index contributed by atoms with van der Waals surface area (Å²) in [5.41, 5.74) is 1.30. The molecule has 3 nitrogen and oxygen atoms in total. The second-order valence-electron chi connectivity index (χ2n) is 5.22. The number of unbranched alkanes of at least 4 members (excludes halogenated alkanes) is 1. The van der Waals surface area contributed by atoms with Gasteiger partial charge in [-0.2, -0.15) is 0 Å². The van der Waals surface area contributed by atoms with E-state index in [9.17, 15) is 0 Å². The van der Waals surface area contributed by atoms with Gasteiger partial charge in [0.2, 0.25) is 0 Å². The Balaban J connectivity index is 2.92. The summed E-state index contributed by atoms with van der Waals surface area (Å²) in [5.74, 6) is 1.70. The van der Waals surface area contributed by atoms with Crippen LogP contribution in [0.3, 0.4) is 0 Å². The van der Waals surface area contributed by atoms with Crippen molar-refractivity contribution in [2.75, 3.05) is 19.8 Å². The molecule has 0 aromatic heterocycles. The second kappa shape index (κ2) is 10.5. The molecule has 1 atom stereocenters. The molecule has 1 N–H and O–H groups in total. The van der Waals surface area contributed by atoms with Crippen LogP contribution in [0, 0.1) is 0 Å². The van der Waals surface area contributed by atoms with Crippen molar-refractivity contribution < 1.29 is 9.47 Å². The first-order chi connectivity index (χ1) is 10.3. The van der Waals surface area contributed by atoms with Gasteiger partial charge in [-0.3, -0.25) is 0 Å². The van der Waals surface area contributed by atoms with Crippen molar-refractivity contribution >= 4 is 0 Å². The number of hydrogen-bond donors (Lipinski definition) is 1. The summed E-state index contributed by atoms with van der Waals surface area (Å²) >= 11 is 0. The number of nitrogens with one attached hydrogen (secondary N) is 1. The summed E-state index contributed by atoms with van der Waals surface area (Å²) in [6.07, 6.45) is 4.77. The molecular weight excluding hydrogens is 262 g/mol. The Morgan fingerprint density at radius 2 is 1.67 bits per heavy atom. The highest BCUT2D eigenvalue weighted by Gasteiger charge is 2.13. The largest absolute Gasteiger partial charge is 0.490 e. The molecule has 0 bridgehead atoms. The summed E-state index contributed by atoms with van der Waals surface area (Å²) in [5, 5.41) is 3.64. The van der Waals surface area contributed by atoms with Crippen LogP contribution in [0.2, 0.25) is 0 Å². The van der Waals surface area contributed by atoms with Crippen LogP contribution >= 0.6 is 0 Å². The van der Waals surface area contributed by atoms with Crippen molar-refractivity contribution in [1.82, 2.24) is 5.32 Å². The van der Waals surface area contributed by atoms with Crippen molar-refractivity contribution in [2.24, 2.45) is 0 Å². The van der Waals surface area contributed by atoms with Gasteiger partial charge in [0.1, 0.15) is 0 Å². The first-order valence-electron chi connectivity index (χ1n) is 8.39. The zero-order valence-electron chi connectivity index (χ0n) is 14.1. The fraction of sp³-hybridized carbons (Fsp3) is 0.667. The van der Waals surface area contributed by atoms with E-state index in [-0.39, 0.29) is 0 Å². The van der Waals surface area contributed by atoms with E-state index in [4.69, 9.17) is 9.47 Å². The molecule has 0 aliphatic carbocycles. The van der Waals surface area contributed by atoms with Crippen LogP contribution in [0.15, 0.2) is 18.2 Å². The minimum atomic E-state index is 0.403. The van der Waals surface area contributed by atoms with Gasteiger partial charge in [0, 0.05) is 6.04 Å². The highest BCUT2D eigenvalue weighted by Crippen LogP contribution is 2.32. The number of benzene rings is 1. The van der Waals surface area contributed by atoms with E-state index in [0.717, 1.165) is 30.9 Å². The van der Waals surface area contributed by atoms with Gasteiger partial charge < -0.3 is 14.8 Å². The van der Waals surface area contributed by atoms with Crippen LogP contribution in [0.25, 0.3) is 0 Å². The van der Waals surface area contributed by atoms with Crippen LogP contribution < -0.4 is 14.8 Å². The van der Waals surface area contributed by atoms with Crippen molar-refractivity contribution in [1.29, 1.82) is 0 Å². The summed E-state index contributed by atoms with van der Waals surface area (Å²) in [6, 6.07) is 6.74. The molecule has 1 rings (SSSR count). The van der Waals surface area contributed by atoms with Gasteiger partial charge in [-0.15, -0.1) is 0 Å². The zero-order chi connectivity index (χ0) is 15.5. The van der Waals surface area contributed by atoms with E-state index in [2.05, 4.69) is 31.3 Å². The van der Waals surface area contributed by atoms with Crippen LogP contribution in [0.4, 0.5) is 0 Å². The van der Waals surface area contributed by atoms with Crippen LogP contribution in [-0.4, -0.2) is 19.8 Å². The minimum absolute atomic E-state index is 0.403. The molecular formula is C18H31NO2. The van der Waals surface area contributed by atoms with Gasteiger partial charge >= 0.3 is 0 Å². The predicted octanol–water partition coefficient (Wildman–Crippen LogP) is 4.71. The molecule has 1 aromatic carbocycles. The summed E-state index contributed by atoms with van der Waals surface area (Å²) in [4.78, 5) is 0. The van der Waals surface area contributed by atoms with E-state index in [0.29, 0.717) is 19.3 Å². The lowest BCUT2D eigenvalue weighted by atomic mass is 10.0. The number of ether oxygens (including phenoxy) is 2. The zero-order valence-corrected chi connectivity index (χ0v) is 14.1. The maximum atomic E-state index is 5.74. The van der Waals surface area contributed by atoms with Gasteiger partial charge in [0.05, 0.1) is 13.2 Å². The molecule has 0 heterocycles. The molecule has 1 aromatic rings. The van der Waals surface area contributed by atoms with E-state index in [1.165, 1.54) is 18.4 Å². The maximum Gasteiger partial charge on any atom is 0.161 e. The molecule has 0 fully saturated rings. The van der Waals surface area contributed by atoms with E-state index in [1.807, 2.05) is 19.9 Å². The Labute approximate surface area is 130 Å². The van der Waals surface area contributed by atoms with Crippen LogP contribution in [0.5, 0.6) is 11.5 Å². The molecule has 0 aliphatic heterocycles. The van der Waals surface area contributed by atoms with Crippen molar-refractivity contribution in [3.05, 3.63) is 23.8 Å². The standard InChI is InChI=1S/C18H31NO2/c1-5-9-10-16(19-13-6-2)15-11-12-17(20-7-3)18(14-15)21-8-4/h11-12,14,16,19H,5-10,13H2,1-4H3. The normalized spacial score (nSPS) is 12.2. The number of hydrogen-bond acceptors (Lipinski definition) is 3. The van der Waals surface area contributed by atoms with E-state index in [1.54, 1.807) is 0 Å². The molecule has 0 aliphatic rings. The van der Waals surface area contributed by atoms with Gasteiger partial charge in [-0.05, 0) is 50.9 Å². The molecule has 1 unspecified atom stereocenters. The van der Waals surface area contributed by atoms with Crippen molar-refractivity contribution in [3.63, 3.8) is 0 Å². The quantitative estimate of drug-likeness (QED) is 0.640. The maximum absolute atomic E-state index is 5.74. The van der Waals surface area contributed by atoms with Gasteiger partial charge in [-0.25, -0.2) is 0 Å². The molecule has 0 radical (unpaired) electrons. The summed E-state index contributed by atoms with van der Waals surface area (Å²) < 4.78 is 11.4. The van der Waals surface area contributed by atoms with Crippen molar-refractivity contribution in [2.45, 2.75) is 59.4 Å². The molecule has 0 spiro atoms. The number of rotatable bonds is 11. The first kappa shape index (κ1) is 17.8. The highest BCUT2D eigenvalue weighted by atomic mass is 16.5. The Kier molecular flexibility index (Phi) is 8.91. The van der Waals surface area contributed by atoms with Crippen LogP contribution in [-0.2, 0) is 0 Å². The third kappa shape index (κ3) is 5.96. The van der Waals surface area contributed by atoms with Gasteiger partial charge in [0.25, 0.3) is 0 Å². The highest BCUT2D eigenvalue weighted by molar-refractivity contribution is 5.44. The lowest BCUT2D eigenvalue weighted by Crippen LogP contribution is -2.22. The van der Waals surface area contributed by atoms with Crippen molar-refractivity contribution in [3.8, 4) is 11.5 Å². The first-order valence-corrected chi connectivity index (χ1v) is 8.39. The Morgan fingerprint density at radius 3 is 2.29 bits per heavy atom. The minimum Gasteiger partial charge on any atom is -0.490 e. The molecule has 120 valence electrons.